The van der Waals surface area contributed by atoms with Gasteiger partial charge in [0.2, 0.25) is 39.1 Å². The van der Waals surface area contributed by atoms with E-state index in [0.717, 1.165) is 0 Å². The summed E-state index contributed by atoms with van der Waals surface area (Å²) in [6.45, 7) is 25.9. The third-order valence-electron chi connectivity index (χ3n) is 1.93. The molecule has 9 heteroatoms. The van der Waals surface area contributed by atoms with Crippen molar-refractivity contribution in [3.63, 3.8) is 0 Å². The fraction of sp³-hybridized carbons (Fsp3) is 1.00. The summed E-state index contributed by atoms with van der Waals surface area (Å²) in [5.41, 5.74) is 0. The molecule has 0 rings (SSSR count). The zero-order valence-electron chi connectivity index (χ0n) is 18.1. The molecule has 0 bridgehead atoms. The van der Waals surface area contributed by atoms with Crippen molar-refractivity contribution in [2.24, 2.45) is 0 Å². The summed E-state index contributed by atoms with van der Waals surface area (Å²) < 4.78 is 25.2. The third kappa shape index (κ3) is 15.7. The Morgan fingerprint density at radius 3 is 0.680 bits per heavy atom. The van der Waals surface area contributed by atoms with Crippen LogP contribution in [0.3, 0.4) is 0 Å². The Balaban J connectivity index is 5.41. The van der Waals surface area contributed by atoms with Crippen molar-refractivity contribution in [1.82, 2.24) is 0 Å². The lowest BCUT2D eigenvalue weighted by Gasteiger charge is -2.35. The largest absolute Gasteiger partial charge is 0.636 e. The first-order chi connectivity index (χ1) is 10.8. The highest BCUT2D eigenvalue weighted by molar-refractivity contribution is 6.73. The molecule has 0 aromatic carbocycles. The van der Waals surface area contributed by atoms with E-state index >= 15 is 0 Å². The van der Waals surface area contributed by atoms with Crippen LogP contribution in [0.15, 0.2) is 0 Å². The highest BCUT2D eigenvalue weighted by atomic mass is 28.5. The summed E-state index contributed by atoms with van der Waals surface area (Å²) in [4.78, 5) is 0. The molecule has 0 unspecified atom stereocenters. The minimum Gasteiger partial charge on any atom is -0.394 e. The van der Waals surface area contributed by atoms with Gasteiger partial charge in [-0.05, 0) is 20.2 Å². The van der Waals surface area contributed by atoms with Crippen molar-refractivity contribution in [3.05, 3.63) is 0 Å². The second-order valence-electron chi connectivity index (χ2n) is 10.3. The van der Waals surface area contributed by atoms with E-state index in [1.807, 2.05) is 0 Å². The van der Waals surface area contributed by atoms with Crippen molar-refractivity contribution < 1.29 is 16.5 Å². The second kappa shape index (κ2) is 9.42. The Morgan fingerprint density at radius 2 is 0.560 bits per heavy atom. The summed E-state index contributed by atoms with van der Waals surface area (Å²) in [7, 11) is -2.09. The van der Waals surface area contributed by atoms with Crippen LogP contribution in [-0.4, -0.2) is 48.1 Å². The topological polar surface area (TPSA) is 36.9 Å². The molecular weight excluding hydrogens is 397 g/mol. The molecule has 0 amide bonds. The number of hydrogen-bond donors (Lipinski definition) is 0. The first kappa shape index (κ1) is 25.9. The molecule has 25 heavy (non-hydrogen) atoms. The van der Waals surface area contributed by atoms with Crippen LogP contribution in [0.25, 0.3) is 0 Å². The van der Waals surface area contributed by atoms with Crippen LogP contribution in [-0.2, 0) is 16.5 Å². The average molecular weight is 433 g/mol. The third-order valence-corrected chi connectivity index (χ3v) is 10.0. The molecule has 0 aliphatic heterocycles. The highest BCUT2D eigenvalue weighted by Crippen LogP contribution is 2.30. The van der Waals surface area contributed by atoms with E-state index in [1.54, 1.807) is 0 Å². The smallest absolute Gasteiger partial charge is 0.394 e. The van der Waals surface area contributed by atoms with E-state index < -0.39 is 9.05 Å². The van der Waals surface area contributed by atoms with E-state index in [-0.39, 0.29) is 59.2 Å². The van der Waals surface area contributed by atoms with E-state index in [1.165, 1.54) is 0 Å². The maximum absolute atomic E-state index is 6.30. The van der Waals surface area contributed by atoms with Crippen LogP contribution in [0.5, 0.6) is 0 Å². The molecule has 0 fully saturated rings. The van der Waals surface area contributed by atoms with Gasteiger partial charge in [0.05, 0.1) is 0 Å². The molecule has 8 radical (unpaired) electrons. The first-order valence-electron chi connectivity index (χ1n) is 8.63. The average Bonchev–Trinajstić information content (AvgIpc) is 2.33. The van der Waals surface area contributed by atoms with E-state index in [9.17, 15) is 0 Å². The molecule has 144 valence electrons. The molecule has 4 nitrogen and oxygen atoms in total. The summed E-state index contributed by atoms with van der Waals surface area (Å²) in [5, 5.41) is 0.202. The molecule has 0 saturated heterocycles. The Hall–Kier alpha value is 0.924. The van der Waals surface area contributed by atoms with Gasteiger partial charge in [-0.2, -0.15) is 0 Å². The summed E-state index contributed by atoms with van der Waals surface area (Å²) >= 11 is 0. The van der Waals surface area contributed by atoms with E-state index in [0.29, 0.717) is 0 Å². The SMILES string of the molecule is CC(C)(C)[Si]O[Si](O[Si]C(C)(C)C)(O[Si]C(C)(C)C)O[Si]C(C)(C)C. The maximum atomic E-state index is 6.30. The van der Waals surface area contributed by atoms with Gasteiger partial charge in [0.25, 0.3) is 0 Å². The minimum absolute atomic E-state index is 0.0505. The lowest BCUT2D eigenvalue weighted by Crippen LogP contribution is -2.55. The van der Waals surface area contributed by atoms with Gasteiger partial charge in [-0.15, -0.1) is 0 Å². The lowest BCUT2D eigenvalue weighted by molar-refractivity contribution is 0.163. The molecule has 0 aromatic rings. The van der Waals surface area contributed by atoms with Crippen molar-refractivity contribution in [2.45, 2.75) is 103 Å². The maximum Gasteiger partial charge on any atom is 0.636 e. The fourth-order valence-electron chi connectivity index (χ4n) is 0.987. The van der Waals surface area contributed by atoms with Gasteiger partial charge in [-0.1, -0.05) is 83.1 Å². The number of hydrogen-bond acceptors (Lipinski definition) is 4. The normalized spacial score (nSPS) is 14.9. The predicted molar refractivity (Wildman–Crippen MR) is 112 cm³/mol. The van der Waals surface area contributed by atoms with E-state index in [2.05, 4.69) is 83.1 Å². The quantitative estimate of drug-likeness (QED) is 0.514. The van der Waals surface area contributed by atoms with Gasteiger partial charge in [-0.25, -0.2) is 0 Å². The van der Waals surface area contributed by atoms with Crippen LogP contribution in [0, 0.1) is 0 Å². The second-order valence-corrected chi connectivity index (χ2v) is 21.4. The monoisotopic (exact) mass is 432 g/mol. The molecule has 0 heterocycles. The van der Waals surface area contributed by atoms with Crippen molar-refractivity contribution in [2.75, 3.05) is 0 Å². The number of rotatable bonds is 8. The van der Waals surface area contributed by atoms with Gasteiger partial charge in [-0.3, -0.25) is 0 Å². The Kier molecular flexibility index (Phi) is 9.76. The highest BCUT2D eigenvalue weighted by Gasteiger charge is 2.48. The molecule has 0 aromatic heterocycles. The van der Waals surface area contributed by atoms with Crippen LogP contribution >= 0.6 is 0 Å². The van der Waals surface area contributed by atoms with Crippen LogP contribution in [0.1, 0.15) is 83.1 Å². The molecule has 0 spiro atoms. The van der Waals surface area contributed by atoms with Crippen LogP contribution in [0.2, 0.25) is 20.2 Å². The minimum atomic E-state index is -3.19. The lowest BCUT2D eigenvalue weighted by atomic mass is 10.3. The Bertz CT molecular complexity index is 314. The van der Waals surface area contributed by atoms with Gasteiger partial charge in [0.15, 0.2) is 0 Å². The molecule has 0 atom stereocenters. The molecule has 0 aliphatic rings. The molecular formula is C16H36O4Si5. The standard InChI is InChI=1S/C16H36O4Si5/c1-13(2,3)21-17-25(18-22-14(4,5)6,19-23-15(7,8)9)20-24-16(10,11)12/h1-12H3. The fourth-order valence-corrected chi connectivity index (χ4v) is 11.1. The van der Waals surface area contributed by atoms with E-state index in [4.69, 9.17) is 16.5 Å². The molecule has 0 saturated carbocycles. The van der Waals surface area contributed by atoms with Crippen molar-refractivity contribution in [3.8, 4) is 0 Å². The summed E-state index contributed by atoms with van der Waals surface area (Å²) in [5.74, 6) is 0. The van der Waals surface area contributed by atoms with Crippen molar-refractivity contribution in [1.29, 1.82) is 0 Å². The summed E-state index contributed by atoms with van der Waals surface area (Å²) in [6.07, 6.45) is 0. The predicted octanol–water partition coefficient (Wildman–Crippen LogP) is 4.84. The zero-order valence-corrected chi connectivity index (χ0v) is 23.1. The van der Waals surface area contributed by atoms with Crippen molar-refractivity contribution >= 4 is 48.1 Å². The Labute approximate surface area is 167 Å². The van der Waals surface area contributed by atoms with Gasteiger partial charge >= 0.3 is 9.05 Å². The van der Waals surface area contributed by atoms with Gasteiger partial charge < -0.3 is 16.5 Å². The van der Waals surface area contributed by atoms with Crippen LogP contribution in [0.4, 0.5) is 0 Å². The molecule has 0 aliphatic carbocycles. The van der Waals surface area contributed by atoms with Gasteiger partial charge in [0, 0.05) is 0 Å². The Morgan fingerprint density at radius 1 is 0.400 bits per heavy atom. The van der Waals surface area contributed by atoms with Gasteiger partial charge in [0.1, 0.15) is 0 Å². The molecule has 0 N–H and O–H groups in total. The first-order valence-corrected chi connectivity index (χ1v) is 13.9. The van der Waals surface area contributed by atoms with Crippen LogP contribution < -0.4 is 0 Å². The zero-order chi connectivity index (χ0) is 20.2. The summed E-state index contributed by atoms with van der Waals surface area (Å²) in [6, 6.07) is 0.